The minimum absolute atomic E-state index is 0.0255. The molecule has 1 aromatic rings. The maximum Gasteiger partial charge on any atom is 0.248 e. The largest absolute Gasteiger partial charge is 0.385 e. The van der Waals surface area contributed by atoms with Gasteiger partial charge < -0.3 is 9.26 Å². The molecule has 6 heteroatoms. The summed E-state index contributed by atoms with van der Waals surface area (Å²) in [4.78, 5) is 4.48. The van der Waals surface area contributed by atoms with Crippen molar-refractivity contribution in [1.29, 1.82) is 0 Å². The summed E-state index contributed by atoms with van der Waals surface area (Å²) >= 11 is 0. The number of ether oxygens (including phenoxy) is 1. The van der Waals surface area contributed by atoms with Crippen LogP contribution in [-0.4, -0.2) is 29.8 Å². The number of alkyl halides is 2. The third-order valence-electron chi connectivity index (χ3n) is 5.00. The van der Waals surface area contributed by atoms with Gasteiger partial charge in [0.2, 0.25) is 11.8 Å². The van der Waals surface area contributed by atoms with E-state index in [2.05, 4.69) is 10.1 Å². The van der Waals surface area contributed by atoms with Gasteiger partial charge in [0.25, 0.3) is 0 Å². The Balaban J connectivity index is 1.73. The molecule has 2 fully saturated rings. The Kier molecular flexibility index (Phi) is 3.99. The summed E-state index contributed by atoms with van der Waals surface area (Å²) in [6.07, 6.45) is 5.10. The van der Waals surface area contributed by atoms with Gasteiger partial charge in [0.1, 0.15) is 0 Å². The molecule has 118 valence electrons. The first-order valence-electron chi connectivity index (χ1n) is 7.76. The average molecular weight is 300 g/mol. The molecule has 0 amide bonds. The van der Waals surface area contributed by atoms with E-state index in [9.17, 15) is 8.78 Å². The van der Waals surface area contributed by atoms with Crippen LogP contribution in [0.5, 0.6) is 0 Å². The Morgan fingerprint density at radius 2 is 2.10 bits per heavy atom. The predicted molar refractivity (Wildman–Crippen MR) is 72.5 cm³/mol. The van der Waals surface area contributed by atoms with Crippen molar-refractivity contribution >= 4 is 0 Å². The minimum atomic E-state index is -2.60. The molecule has 4 nitrogen and oxygen atoms in total. The van der Waals surface area contributed by atoms with Gasteiger partial charge in [0.15, 0.2) is 5.82 Å². The van der Waals surface area contributed by atoms with Crippen LogP contribution >= 0.6 is 0 Å². The number of nitrogens with zero attached hydrogens (tertiary/aromatic N) is 2. The van der Waals surface area contributed by atoms with Gasteiger partial charge in [-0.2, -0.15) is 4.98 Å². The summed E-state index contributed by atoms with van der Waals surface area (Å²) in [6.45, 7) is 0.658. The fourth-order valence-corrected chi connectivity index (χ4v) is 3.49. The average Bonchev–Trinajstić information content (AvgIpc) is 2.86. The standard InChI is InChI=1S/C15H22F2N2O2/c1-20-9-8-14(5-3-6-14)13-18-12(21-19-13)11-4-2-7-15(16,17)10-11/h11H,2-10H2,1H3. The van der Waals surface area contributed by atoms with Gasteiger partial charge in [0, 0.05) is 37.9 Å². The van der Waals surface area contributed by atoms with Crippen molar-refractivity contribution in [2.75, 3.05) is 13.7 Å². The molecule has 2 saturated carbocycles. The molecule has 2 aliphatic carbocycles. The van der Waals surface area contributed by atoms with E-state index >= 15 is 0 Å². The van der Waals surface area contributed by atoms with E-state index in [1.54, 1.807) is 7.11 Å². The van der Waals surface area contributed by atoms with Crippen LogP contribution in [0.15, 0.2) is 4.52 Å². The SMILES string of the molecule is COCCC1(c2noc(C3CCCC(F)(F)C3)n2)CCC1. The van der Waals surface area contributed by atoms with E-state index in [1.807, 2.05) is 0 Å². The molecule has 1 heterocycles. The lowest BCUT2D eigenvalue weighted by atomic mass is 9.66. The summed E-state index contributed by atoms with van der Waals surface area (Å²) < 4.78 is 37.5. The molecule has 1 atom stereocenters. The first-order chi connectivity index (χ1) is 10.0. The van der Waals surface area contributed by atoms with E-state index < -0.39 is 5.92 Å². The molecule has 0 aliphatic heterocycles. The molecule has 0 spiro atoms. The number of hydrogen-bond acceptors (Lipinski definition) is 4. The highest BCUT2D eigenvalue weighted by atomic mass is 19.3. The molecular formula is C15H22F2N2O2. The van der Waals surface area contributed by atoms with Gasteiger partial charge in [-0.3, -0.25) is 0 Å². The smallest absolute Gasteiger partial charge is 0.248 e. The van der Waals surface area contributed by atoms with Gasteiger partial charge in [-0.1, -0.05) is 11.6 Å². The van der Waals surface area contributed by atoms with Gasteiger partial charge in [-0.15, -0.1) is 0 Å². The van der Waals surface area contributed by atoms with Crippen molar-refractivity contribution in [1.82, 2.24) is 10.1 Å². The summed E-state index contributed by atoms with van der Waals surface area (Å²) in [5.74, 6) is -1.81. The molecule has 2 aliphatic rings. The third kappa shape index (κ3) is 2.96. The number of hydrogen-bond donors (Lipinski definition) is 0. The minimum Gasteiger partial charge on any atom is -0.385 e. The molecule has 1 aromatic heterocycles. The molecule has 3 rings (SSSR count). The van der Waals surface area contributed by atoms with E-state index in [4.69, 9.17) is 9.26 Å². The van der Waals surface area contributed by atoms with E-state index in [-0.39, 0.29) is 24.2 Å². The topological polar surface area (TPSA) is 48.2 Å². The zero-order chi connectivity index (χ0) is 14.9. The quantitative estimate of drug-likeness (QED) is 0.829. The van der Waals surface area contributed by atoms with Crippen molar-refractivity contribution in [3.05, 3.63) is 11.7 Å². The van der Waals surface area contributed by atoms with Crippen LogP contribution in [-0.2, 0) is 10.2 Å². The number of aromatic nitrogens is 2. The fourth-order valence-electron chi connectivity index (χ4n) is 3.49. The monoisotopic (exact) mass is 300 g/mol. The molecular weight excluding hydrogens is 278 g/mol. The highest BCUT2D eigenvalue weighted by molar-refractivity contribution is 5.13. The molecule has 21 heavy (non-hydrogen) atoms. The second kappa shape index (κ2) is 5.63. The Labute approximate surface area is 123 Å². The Hall–Kier alpha value is -1.04. The van der Waals surface area contributed by atoms with Gasteiger partial charge >= 0.3 is 0 Å². The van der Waals surface area contributed by atoms with E-state index in [0.717, 1.165) is 25.7 Å². The Bertz CT molecular complexity index is 486. The maximum atomic E-state index is 13.5. The highest BCUT2D eigenvalue weighted by Crippen LogP contribution is 2.46. The van der Waals surface area contributed by atoms with Crippen LogP contribution in [0, 0.1) is 0 Å². The normalized spacial score (nSPS) is 27.3. The van der Waals surface area contributed by atoms with Crippen molar-refractivity contribution in [3.8, 4) is 0 Å². The lowest BCUT2D eigenvalue weighted by Gasteiger charge is -2.38. The summed E-state index contributed by atoms with van der Waals surface area (Å²) in [6, 6.07) is 0. The van der Waals surface area contributed by atoms with Crippen molar-refractivity contribution in [2.45, 2.75) is 68.6 Å². The lowest BCUT2D eigenvalue weighted by molar-refractivity contribution is -0.0440. The van der Waals surface area contributed by atoms with Crippen molar-refractivity contribution in [3.63, 3.8) is 0 Å². The molecule has 1 unspecified atom stereocenters. The second-order valence-corrected chi connectivity index (χ2v) is 6.48. The molecule has 0 saturated heterocycles. The van der Waals surface area contributed by atoms with Crippen molar-refractivity contribution in [2.24, 2.45) is 0 Å². The molecule has 0 bridgehead atoms. The Morgan fingerprint density at radius 3 is 2.71 bits per heavy atom. The van der Waals surface area contributed by atoms with Crippen LogP contribution in [0.1, 0.15) is 69.0 Å². The van der Waals surface area contributed by atoms with Crippen LogP contribution in [0.25, 0.3) is 0 Å². The zero-order valence-electron chi connectivity index (χ0n) is 12.4. The van der Waals surface area contributed by atoms with Gasteiger partial charge in [0.05, 0.1) is 0 Å². The van der Waals surface area contributed by atoms with Gasteiger partial charge in [-0.05, 0) is 32.1 Å². The number of rotatable bonds is 5. The van der Waals surface area contributed by atoms with E-state index in [0.29, 0.717) is 31.2 Å². The van der Waals surface area contributed by atoms with Crippen molar-refractivity contribution < 1.29 is 18.0 Å². The maximum absolute atomic E-state index is 13.5. The number of methoxy groups -OCH3 is 1. The van der Waals surface area contributed by atoms with Crippen LogP contribution < -0.4 is 0 Å². The van der Waals surface area contributed by atoms with Crippen LogP contribution in [0.4, 0.5) is 8.78 Å². The van der Waals surface area contributed by atoms with E-state index in [1.165, 1.54) is 0 Å². The molecule has 0 aromatic carbocycles. The third-order valence-corrected chi connectivity index (χ3v) is 5.00. The van der Waals surface area contributed by atoms with Crippen LogP contribution in [0.2, 0.25) is 0 Å². The first kappa shape index (κ1) is 14.9. The molecule has 0 radical (unpaired) electrons. The second-order valence-electron chi connectivity index (χ2n) is 6.48. The summed E-state index contributed by atoms with van der Waals surface area (Å²) in [5.41, 5.74) is -0.0606. The Morgan fingerprint density at radius 1 is 1.29 bits per heavy atom. The lowest BCUT2D eigenvalue weighted by Crippen LogP contribution is -2.36. The highest BCUT2D eigenvalue weighted by Gasteiger charge is 2.44. The van der Waals surface area contributed by atoms with Crippen LogP contribution in [0.3, 0.4) is 0 Å². The summed E-state index contributed by atoms with van der Waals surface area (Å²) in [5, 5.41) is 4.10. The number of halogens is 2. The summed E-state index contributed by atoms with van der Waals surface area (Å²) in [7, 11) is 1.68. The predicted octanol–water partition coefficient (Wildman–Crippen LogP) is 3.82. The first-order valence-corrected chi connectivity index (χ1v) is 7.76. The zero-order valence-corrected chi connectivity index (χ0v) is 12.4. The van der Waals surface area contributed by atoms with Gasteiger partial charge in [-0.25, -0.2) is 8.78 Å². The fraction of sp³-hybridized carbons (Fsp3) is 0.867. The molecule has 0 N–H and O–H groups in total.